The molecule has 0 rings (SSSR count). The largest absolute Gasteiger partial charge is 0.481 e. The zero-order valence-corrected chi connectivity index (χ0v) is 21.8. The van der Waals surface area contributed by atoms with Gasteiger partial charge in [0.2, 0.25) is 0 Å². The fraction of sp³-hybridized carbons (Fsp3) is 0.917. The van der Waals surface area contributed by atoms with Crippen LogP contribution in [0.2, 0.25) is 0 Å². The third kappa shape index (κ3) is 13.6. The molecule has 10 heteroatoms. The summed E-state index contributed by atoms with van der Waals surface area (Å²) in [7, 11) is -5.18. The highest BCUT2D eigenvalue weighted by atomic mass is 32.2. The predicted molar refractivity (Wildman–Crippen MR) is 131 cm³/mol. The van der Waals surface area contributed by atoms with Crippen LogP contribution >= 0.6 is 0 Å². The molecule has 0 aromatic carbocycles. The van der Waals surface area contributed by atoms with Gasteiger partial charge < -0.3 is 19.7 Å². The normalized spacial score (nSPS) is 13.1. The average molecular weight is 511 g/mol. The standard InChI is InChI=1S/C24H46O9S/c1-3-5-7-9-11-13-17-32-19-15-24(23(27)28,21(22(25)26)34(29,30)31)16-20-33-18-14-12-10-8-6-4-2/h21H,3-20H2,1-2H3,(H,25,26)(H,27,28)(H,29,30,31). The molecule has 0 aliphatic heterocycles. The Bertz CT molecular complexity index is 627. The number of hydrogen-bond acceptors (Lipinski definition) is 6. The molecule has 0 aromatic heterocycles. The molecule has 0 aliphatic carbocycles. The van der Waals surface area contributed by atoms with Crippen LogP contribution in [0.1, 0.15) is 104 Å². The molecule has 0 saturated heterocycles. The van der Waals surface area contributed by atoms with Crippen molar-refractivity contribution in [3.63, 3.8) is 0 Å². The maximum Gasteiger partial charge on any atom is 0.325 e. The van der Waals surface area contributed by atoms with Crippen LogP contribution in [-0.4, -0.2) is 66.8 Å². The second kappa shape index (κ2) is 19.0. The Hall–Kier alpha value is -1.23. The lowest BCUT2D eigenvalue weighted by Gasteiger charge is -2.33. The van der Waals surface area contributed by atoms with Gasteiger partial charge in [-0.05, 0) is 25.7 Å². The number of ether oxygens (including phenoxy) is 2. The number of aliphatic carboxylic acids is 2. The summed E-state index contributed by atoms with van der Waals surface area (Å²) in [6, 6.07) is 0. The van der Waals surface area contributed by atoms with Crippen LogP contribution in [0.4, 0.5) is 0 Å². The second-order valence-corrected chi connectivity index (χ2v) is 10.5. The highest BCUT2D eigenvalue weighted by Gasteiger charge is 2.55. The molecule has 202 valence electrons. The fourth-order valence-corrected chi connectivity index (χ4v) is 5.21. The minimum atomic E-state index is -5.18. The van der Waals surface area contributed by atoms with Crippen LogP contribution < -0.4 is 0 Å². The average Bonchev–Trinajstić information content (AvgIpc) is 2.75. The Morgan fingerprint density at radius 3 is 1.41 bits per heavy atom. The van der Waals surface area contributed by atoms with E-state index in [4.69, 9.17) is 9.47 Å². The van der Waals surface area contributed by atoms with Crippen molar-refractivity contribution >= 4 is 22.1 Å². The minimum Gasteiger partial charge on any atom is -0.481 e. The van der Waals surface area contributed by atoms with Gasteiger partial charge in [-0.3, -0.25) is 14.1 Å². The van der Waals surface area contributed by atoms with E-state index in [1.54, 1.807) is 0 Å². The predicted octanol–water partition coefficient (Wildman–Crippen LogP) is 4.93. The van der Waals surface area contributed by atoms with Gasteiger partial charge >= 0.3 is 11.9 Å². The number of unbranched alkanes of at least 4 members (excludes halogenated alkanes) is 10. The first kappa shape index (κ1) is 32.8. The molecule has 0 saturated carbocycles. The maximum atomic E-state index is 12.2. The van der Waals surface area contributed by atoms with E-state index in [2.05, 4.69) is 13.8 Å². The summed E-state index contributed by atoms with van der Waals surface area (Å²) in [5.41, 5.74) is -2.26. The number of carboxylic acid groups (broad SMARTS) is 2. The summed E-state index contributed by atoms with van der Waals surface area (Å²) in [6.45, 7) is 4.76. The van der Waals surface area contributed by atoms with E-state index in [0.29, 0.717) is 13.2 Å². The van der Waals surface area contributed by atoms with Gasteiger partial charge in [0.05, 0.1) is 0 Å². The van der Waals surface area contributed by atoms with Crippen molar-refractivity contribution in [1.82, 2.24) is 0 Å². The summed E-state index contributed by atoms with van der Waals surface area (Å²) in [5, 5.41) is 16.9. The van der Waals surface area contributed by atoms with Gasteiger partial charge in [0.1, 0.15) is 5.41 Å². The van der Waals surface area contributed by atoms with Gasteiger partial charge in [-0.1, -0.05) is 78.1 Å². The van der Waals surface area contributed by atoms with Crippen LogP contribution in [0.25, 0.3) is 0 Å². The molecule has 0 radical (unpaired) electrons. The molecule has 1 atom stereocenters. The quantitative estimate of drug-likeness (QED) is 0.121. The van der Waals surface area contributed by atoms with Crippen molar-refractivity contribution in [2.75, 3.05) is 26.4 Å². The Morgan fingerprint density at radius 1 is 0.706 bits per heavy atom. The smallest absolute Gasteiger partial charge is 0.325 e. The molecule has 0 amide bonds. The molecule has 9 nitrogen and oxygen atoms in total. The molecule has 0 spiro atoms. The van der Waals surface area contributed by atoms with Crippen LogP contribution in [0.15, 0.2) is 0 Å². The summed E-state index contributed by atoms with van der Waals surface area (Å²) in [4.78, 5) is 23.9. The van der Waals surface area contributed by atoms with Gasteiger partial charge in [-0.15, -0.1) is 0 Å². The Kier molecular flexibility index (Phi) is 18.3. The van der Waals surface area contributed by atoms with Gasteiger partial charge in [0.15, 0.2) is 5.25 Å². The first-order chi connectivity index (χ1) is 16.1. The molecule has 0 aliphatic rings. The zero-order chi connectivity index (χ0) is 25.9. The van der Waals surface area contributed by atoms with Crippen molar-refractivity contribution in [2.24, 2.45) is 5.41 Å². The lowest BCUT2D eigenvalue weighted by molar-refractivity contribution is -0.158. The van der Waals surface area contributed by atoms with Crippen LogP contribution in [0.3, 0.4) is 0 Å². The summed E-state index contributed by atoms with van der Waals surface area (Å²) in [6.07, 6.45) is 11.9. The number of carbonyl (C=O) groups is 2. The third-order valence-electron chi connectivity index (χ3n) is 6.12. The van der Waals surface area contributed by atoms with Crippen molar-refractivity contribution in [3.05, 3.63) is 0 Å². The van der Waals surface area contributed by atoms with E-state index < -0.39 is 32.7 Å². The van der Waals surface area contributed by atoms with E-state index >= 15 is 0 Å². The van der Waals surface area contributed by atoms with E-state index in [0.717, 1.165) is 64.2 Å². The number of carboxylic acids is 2. The summed E-state index contributed by atoms with van der Waals surface area (Å²) < 4.78 is 44.3. The van der Waals surface area contributed by atoms with E-state index in [-0.39, 0.29) is 26.1 Å². The molecular formula is C24H46O9S. The van der Waals surface area contributed by atoms with Gasteiger partial charge in [0, 0.05) is 26.4 Å². The fourth-order valence-electron chi connectivity index (χ4n) is 4.04. The molecule has 0 bridgehead atoms. The highest BCUT2D eigenvalue weighted by Crippen LogP contribution is 2.36. The Morgan fingerprint density at radius 2 is 1.09 bits per heavy atom. The van der Waals surface area contributed by atoms with Gasteiger partial charge in [0.25, 0.3) is 10.1 Å². The molecule has 0 fully saturated rings. The third-order valence-corrected chi connectivity index (χ3v) is 7.37. The Balaban J connectivity index is 4.94. The van der Waals surface area contributed by atoms with Crippen molar-refractivity contribution in [1.29, 1.82) is 0 Å². The zero-order valence-electron chi connectivity index (χ0n) is 21.0. The van der Waals surface area contributed by atoms with E-state index in [1.807, 2.05) is 0 Å². The molecule has 1 unspecified atom stereocenters. The number of hydrogen-bond donors (Lipinski definition) is 3. The highest BCUT2D eigenvalue weighted by molar-refractivity contribution is 7.87. The van der Waals surface area contributed by atoms with E-state index in [9.17, 15) is 32.8 Å². The van der Waals surface area contributed by atoms with E-state index in [1.165, 1.54) is 12.8 Å². The topological polar surface area (TPSA) is 147 Å². The molecule has 3 N–H and O–H groups in total. The monoisotopic (exact) mass is 510 g/mol. The van der Waals surface area contributed by atoms with Crippen molar-refractivity contribution in [3.8, 4) is 0 Å². The first-order valence-electron chi connectivity index (χ1n) is 12.7. The minimum absolute atomic E-state index is 0.127. The van der Waals surface area contributed by atoms with Crippen LogP contribution in [0.5, 0.6) is 0 Å². The van der Waals surface area contributed by atoms with Crippen molar-refractivity contribution in [2.45, 2.75) is 109 Å². The maximum absolute atomic E-state index is 12.2. The number of rotatable bonds is 24. The lowest BCUT2D eigenvalue weighted by Crippen LogP contribution is -2.52. The molecule has 0 heterocycles. The van der Waals surface area contributed by atoms with Crippen LogP contribution in [0, 0.1) is 5.41 Å². The molecular weight excluding hydrogens is 464 g/mol. The molecule has 34 heavy (non-hydrogen) atoms. The van der Waals surface area contributed by atoms with Crippen molar-refractivity contribution < 1.29 is 42.2 Å². The lowest BCUT2D eigenvalue weighted by atomic mass is 9.78. The Labute approximate surface area is 205 Å². The first-order valence-corrected chi connectivity index (χ1v) is 14.2. The second-order valence-electron chi connectivity index (χ2n) is 8.95. The van der Waals surface area contributed by atoms with Crippen LogP contribution in [-0.2, 0) is 29.2 Å². The summed E-state index contributed by atoms with van der Waals surface area (Å²) >= 11 is 0. The summed E-state index contributed by atoms with van der Waals surface area (Å²) in [5.74, 6) is -3.51. The molecule has 0 aromatic rings. The SMILES string of the molecule is CCCCCCCCOCCC(CCOCCCCCCCC)(C(=O)O)C(C(=O)O)S(=O)(=O)O. The van der Waals surface area contributed by atoms with Gasteiger partial charge in [-0.25, -0.2) is 0 Å². The van der Waals surface area contributed by atoms with Gasteiger partial charge in [-0.2, -0.15) is 8.42 Å².